The Balaban J connectivity index is 1.56. The molecule has 0 aromatic heterocycles. The standard InChI is InChI=1S/C17H29NO3/c19-16(8-4-7-13-5-2-1-3-6-13)18-15-11-9-14(10-12-15)17(20)21/h13-15H,1-12H2,(H,18,19)(H,20,21). The Bertz CT molecular complexity index is 342. The number of rotatable bonds is 6. The molecule has 2 saturated carbocycles. The maximum absolute atomic E-state index is 11.9. The van der Waals surface area contributed by atoms with Crippen molar-refractivity contribution in [2.75, 3.05) is 0 Å². The number of carbonyl (C=O) groups is 2. The molecule has 0 bridgehead atoms. The lowest BCUT2D eigenvalue weighted by Gasteiger charge is -2.27. The zero-order valence-electron chi connectivity index (χ0n) is 13.0. The van der Waals surface area contributed by atoms with Crippen molar-refractivity contribution in [3.05, 3.63) is 0 Å². The van der Waals surface area contributed by atoms with Crippen LogP contribution in [0, 0.1) is 11.8 Å². The number of carboxylic acid groups (broad SMARTS) is 1. The van der Waals surface area contributed by atoms with Gasteiger partial charge in [-0.1, -0.05) is 32.1 Å². The average Bonchev–Trinajstić information content (AvgIpc) is 2.49. The zero-order valence-corrected chi connectivity index (χ0v) is 13.0. The topological polar surface area (TPSA) is 66.4 Å². The van der Waals surface area contributed by atoms with Crippen LogP contribution in [0.15, 0.2) is 0 Å². The van der Waals surface area contributed by atoms with Crippen molar-refractivity contribution in [3.8, 4) is 0 Å². The van der Waals surface area contributed by atoms with Gasteiger partial charge >= 0.3 is 5.97 Å². The van der Waals surface area contributed by atoms with Crippen molar-refractivity contribution in [1.82, 2.24) is 5.32 Å². The molecule has 0 atom stereocenters. The lowest BCUT2D eigenvalue weighted by Crippen LogP contribution is -2.38. The molecular weight excluding hydrogens is 266 g/mol. The Morgan fingerprint density at radius 1 is 0.952 bits per heavy atom. The van der Waals surface area contributed by atoms with Crippen molar-refractivity contribution in [2.24, 2.45) is 11.8 Å². The summed E-state index contributed by atoms with van der Waals surface area (Å²) in [6.45, 7) is 0. The summed E-state index contributed by atoms with van der Waals surface area (Å²) < 4.78 is 0. The first-order valence-corrected chi connectivity index (χ1v) is 8.67. The molecule has 2 aliphatic rings. The van der Waals surface area contributed by atoms with E-state index < -0.39 is 5.97 Å². The largest absolute Gasteiger partial charge is 0.481 e. The molecule has 4 nitrogen and oxygen atoms in total. The molecule has 1 amide bonds. The number of nitrogens with one attached hydrogen (secondary N) is 1. The SMILES string of the molecule is O=C(CCCC1CCCCC1)NC1CCC(C(=O)O)CC1. The van der Waals surface area contributed by atoms with Crippen LogP contribution in [0.4, 0.5) is 0 Å². The first kappa shape index (κ1) is 16.3. The first-order valence-electron chi connectivity index (χ1n) is 8.67. The minimum absolute atomic E-state index is 0.157. The van der Waals surface area contributed by atoms with Gasteiger partial charge in [0.1, 0.15) is 0 Å². The molecule has 2 aliphatic carbocycles. The van der Waals surface area contributed by atoms with Crippen LogP contribution in [0.25, 0.3) is 0 Å². The molecule has 0 aliphatic heterocycles. The van der Waals surface area contributed by atoms with Gasteiger partial charge < -0.3 is 10.4 Å². The Kier molecular flexibility index (Phi) is 6.52. The second-order valence-corrected chi connectivity index (χ2v) is 6.85. The van der Waals surface area contributed by atoms with Crippen molar-refractivity contribution >= 4 is 11.9 Å². The quantitative estimate of drug-likeness (QED) is 0.788. The van der Waals surface area contributed by atoms with Crippen LogP contribution >= 0.6 is 0 Å². The molecule has 21 heavy (non-hydrogen) atoms. The van der Waals surface area contributed by atoms with Gasteiger partial charge in [-0.25, -0.2) is 0 Å². The van der Waals surface area contributed by atoms with E-state index >= 15 is 0 Å². The van der Waals surface area contributed by atoms with E-state index in [4.69, 9.17) is 5.11 Å². The summed E-state index contributed by atoms with van der Waals surface area (Å²) in [7, 11) is 0. The van der Waals surface area contributed by atoms with Gasteiger partial charge in [0, 0.05) is 12.5 Å². The monoisotopic (exact) mass is 295 g/mol. The fraction of sp³-hybridized carbons (Fsp3) is 0.882. The van der Waals surface area contributed by atoms with E-state index in [1.54, 1.807) is 0 Å². The van der Waals surface area contributed by atoms with E-state index in [0.29, 0.717) is 19.3 Å². The van der Waals surface area contributed by atoms with Crippen LogP contribution in [-0.4, -0.2) is 23.0 Å². The number of carboxylic acids is 1. The van der Waals surface area contributed by atoms with Crippen LogP contribution in [0.1, 0.15) is 77.0 Å². The van der Waals surface area contributed by atoms with Gasteiger partial charge in [0.15, 0.2) is 0 Å². The molecule has 2 rings (SSSR count). The summed E-state index contributed by atoms with van der Waals surface area (Å²) in [5.41, 5.74) is 0. The second kappa shape index (κ2) is 8.40. The molecule has 0 radical (unpaired) electrons. The summed E-state index contributed by atoms with van der Waals surface area (Å²) in [5.74, 6) is 0.110. The summed E-state index contributed by atoms with van der Waals surface area (Å²) in [4.78, 5) is 22.8. The van der Waals surface area contributed by atoms with Crippen LogP contribution in [-0.2, 0) is 9.59 Å². The van der Waals surface area contributed by atoms with Gasteiger partial charge in [0.25, 0.3) is 0 Å². The molecule has 0 spiro atoms. The van der Waals surface area contributed by atoms with Gasteiger partial charge in [0.05, 0.1) is 5.92 Å². The van der Waals surface area contributed by atoms with E-state index in [9.17, 15) is 9.59 Å². The summed E-state index contributed by atoms with van der Waals surface area (Å²) in [5, 5.41) is 12.0. The summed E-state index contributed by atoms with van der Waals surface area (Å²) in [6, 6.07) is 0.197. The van der Waals surface area contributed by atoms with Crippen LogP contribution in [0.3, 0.4) is 0 Å². The van der Waals surface area contributed by atoms with Gasteiger partial charge in [0.2, 0.25) is 5.91 Å². The van der Waals surface area contributed by atoms with Crippen molar-refractivity contribution in [2.45, 2.75) is 83.1 Å². The first-order chi connectivity index (χ1) is 10.1. The van der Waals surface area contributed by atoms with Gasteiger partial charge in [-0.3, -0.25) is 9.59 Å². The number of aliphatic carboxylic acids is 1. The highest BCUT2D eigenvalue weighted by Gasteiger charge is 2.26. The Labute approximate surface area is 127 Å². The predicted molar refractivity (Wildman–Crippen MR) is 82.0 cm³/mol. The maximum Gasteiger partial charge on any atom is 0.306 e. The molecule has 0 unspecified atom stereocenters. The maximum atomic E-state index is 11.9. The Morgan fingerprint density at radius 2 is 1.62 bits per heavy atom. The molecule has 120 valence electrons. The van der Waals surface area contributed by atoms with Crippen LogP contribution in [0.5, 0.6) is 0 Å². The lowest BCUT2D eigenvalue weighted by atomic mass is 9.85. The van der Waals surface area contributed by atoms with E-state index in [-0.39, 0.29) is 17.9 Å². The van der Waals surface area contributed by atoms with Gasteiger partial charge in [-0.05, 0) is 44.4 Å². The Hall–Kier alpha value is -1.06. The molecule has 0 heterocycles. The molecule has 2 fully saturated rings. The third kappa shape index (κ3) is 5.68. The van der Waals surface area contributed by atoms with E-state index in [1.165, 1.54) is 38.5 Å². The lowest BCUT2D eigenvalue weighted by molar-refractivity contribution is -0.142. The highest BCUT2D eigenvalue weighted by molar-refractivity contribution is 5.76. The van der Waals surface area contributed by atoms with Crippen LogP contribution in [0.2, 0.25) is 0 Å². The second-order valence-electron chi connectivity index (χ2n) is 6.85. The fourth-order valence-electron chi connectivity index (χ4n) is 3.81. The predicted octanol–water partition coefficient (Wildman–Crippen LogP) is 3.50. The van der Waals surface area contributed by atoms with Crippen molar-refractivity contribution in [1.29, 1.82) is 0 Å². The molecule has 0 aromatic rings. The number of carbonyl (C=O) groups excluding carboxylic acids is 1. The molecule has 4 heteroatoms. The van der Waals surface area contributed by atoms with Crippen LogP contribution < -0.4 is 5.32 Å². The smallest absolute Gasteiger partial charge is 0.306 e. The minimum atomic E-state index is -0.688. The Morgan fingerprint density at radius 3 is 2.24 bits per heavy atom. The highest BCUT2D eigenvalue weighted by Crippen LogP contribution is 2.28. The molecule has 0 saturated heterocycles. The summed E-state index contributed by atoms with van der Waals surface area (Å²) >= 11 is 0. The number of hydrogen-bond acceptors (Lipinski definition) is 2. The third-order valence-electron chi connectivity index (χ3n) is 5.18. The average molecular weight is 295 g/mol. The molecule has 0 aromatic carbocycles. The number of amides is 1. The van der Waals surface area contributed by atoms with Gasteiger partial charge in [-0.15, -0.1) is 0 Å². The molecular formula is C17H29NO3. The number of hydrogen-bond donors (Lipinski definition) is 2. The van der Waals surface area contributed by atoms with E-state index in [1.807, 2.05) is 0 Å². The highest BCUT2D eigenvalue weighted by atomic mass is 16.4. The normalized spacial score (nSPS) is 27.2. The fourth-order valence-corrected chi connectivity index (χ4v) is 3.81. The zero-order chi connectivity index (χ0) is 15.1. The van der Waals surface area contributed by atoms with Crippen molar-refractivity contribution in [3.63, 3.8) is 0 Å². The molecule has 2 N–H and O–H groups in total. The third-order valence-corrected chi connectivity index (χ3v) is 5.18. The minimum Gasteiger partial charge on any atom is -0.481 e. The van der Waals surface area contributed by atoms with E-state index in [0.717, 1.165) is 25.2 Å². The van der Waals surface area contributed by atoms with Gasteiger partial charge in [-0.2, -0.15) is 0 Å². The van der Waals surface area contributed by atoms with E-state index in [2.05, 4.69) is 5.32 Å². The summed E-state index contributed by atoms with van der Waals surface area (Å²) in [6.07, 6.45) is 12.7. The van der Waals surface area contributed by atoms with Crippen molar-refractivity contribution < 1.29 is 14.7 Å².